The molecule has 0 unspecified atom stereocenters. The zero-order chi connectivity index (χ0) is 13.1. The van der Waals surface area contributed by atoms with Crippen molar-refractivity contribution < 1.29 is 9.18 Å². The van der Waals surface area contributed by atoms with Crippen LogP contribution in [-0.4, -0.2) is 18.0 Å². The Morgan fingerprint density at radius 3 is 2.58 bits per heavy atom. The first-order valence-electron chi connectivity index (χ1n) is 6.08. The molecular weight excluding hydrogens is 290 g/mol. The fourth-order valence-corrected chi connectivity index (χ4v) is 2.37. The van der Waals surface area contributed by atoms with E-state index in [0.717, 1.165) is 25.7 Å². The van der Waals surface area contributed by atoms with Gasteiger partial charge < -0.3 is 11.1 Å². The fourth-order valence-electron chi connectivity index (χ4n) is 2.20. The van der Waals surface area contributed by atoms with Crippen LogP contribution in [0.5, 0.6) is 0 Å². The van der Waals surface area contributed by atoms with E-state index in [4.69, 9.17) is 17.3 Å². The summed E-state index contributed by atoms with van der Waals surface area (Å²) < 4.78 is 13.5. The molecule has 0 atom stereocenters. The van der Waals surface area contributed by atoms with Crippen LogP contribution < -0.4 is 11.1 Å². The lowest BCUT2D eigenvalue weighted by Gasteiger charge is -2.26. The second kappa shape index (κ2) is 7.08. The van der Waals surface area contributed by atoms with Crippen molar-refractivity contribution >= 4 is 29.9 Å². The third kappa shape index (κ3) is 4.34. The third-order valence-electron chi connectivity index (χ3n) is 3.28. The zero-order valence-corrected chi connectivity index (χ0v) is 11.9. The van der Waals surface area contributed by atoms with Gasteiger partial charge in [-0.05, 0) is 43.9 Å². The minimum absolute atomic E-state index is 0. The summed E-state index contributed by atoms with van der Waals surface area (Å²) in [5, 5.41) is 3.18. The maximum absolute atomic E-state index is 13.5. The number of nitrogens with two attached hydrogens (primary N) is 1. The molecule has 3 nitrogen and oxygen atoms in total. The van der Waals surface area contributed by atoms with E-state index in [9.17, 15) is 9.18 Å². The number of benzene rings is 1. The summed E-state index contributed by atoms with van der Waals surface area (Å²) in [7, 11) is 0. The van der Waals surface area contributed by atoms with E-state index in [1.165, 1.54) is 18.2 Å². The predicted molar refractivity (Wildman–Crippen MR) is 76.4 cm³/mol. The van der Waals surface area contributed by atoms with E-state index in [1.807, 2.05) is 0 Å². The van der Waals surface area contributed by atoms with Gasteiger partial charge in [0.25, 0.3) is 5.91 Å². The van der Waals surface area contributed by atoms with Gasteiger partial charge in [0.15, 0.2) is 0 Å². The lowest BCUT2D eigenvalue weighted by atomic mass is 9.91. The average molecular weight is 307 g/mol. The van der Waals surface area contributed by atoms with E-state index in [-0.39, 0.29) is 30.1 Å². The lowest BCUT2D eigenvalue weighted by Crippen LogP contribution is -2.40. The average Bonchev–Trinajstić information content (AvgIpc) is 2.35. The van der Waals surface area contributed by atoms with E-state index >= 15 is 0 Å². The maximum atomic E-state index is 13.5. The SMILES string of the molecule is Cl.NC1CCC(NC(=O)c2cc(Cl)ccc2F)CC1. The quantitative estimate of drug-likeness (QED) is 0.882. The first kappa shape index (κ1) is 16.2. The van der Waals surface area contributed by atoms with Crippen molar-refractivity contribution in [3.05, 3.63) is 34.6 Å². The van der Waals surface area contributed by atoms with E-state index in [2.05, 4.69) is 5.32 Å². The number of nitrogens with one attached hydrogen (secondary N) is 1. The van der Waals surface area contributed by atoms with Crippen molar-refractivity contribution in [3.63, 3.8) is 0 Å². The molecule has 1 aliphatic rings. The van der Waals surface area contributed by atoms with Crippen LogP contribution >= 0.6 is 24.0 Å². The van der Waals surface area contributed by atoms with E-state index in [1.54, 1.807) is 0 Å². The van der Waals surface area contributed by atoms with Crippen molar-refractivity contribution in [1.29, 1.82) is 0 Å². The Bertz CT molecular complexity index is 448. The number of carbonyl (C=O) groups excluding carboxylic acids is 1. The molecule has 19 heavy (non-hydrogen) atoms. The number of amides is 1. The highest BCUT2D eigenvalue weighted by molar-refractivity contribution is 6.31. The Morgan fingerprint density at radius 2 is 1.95 bits per heavy atom. The number of hydrogen-bond acceptors (Lipinski definition) is 2. The van der Waals surface area contributed by atoms with Gasteiger partial charge in [-0.15, -0.1) is 12.4 Å². The van der Waals surface area contributed by atoms with Crippen LogP contribution in [0.25, 0.3) is 0 Å². The Morgan fingerprint density at radius 1 is 1.32 bits per heavy atom. The molecule has 0 spiro atoms. The van der Waals surface area contributed by atoms with Gasteiger partial charge in [-0.1, -0.05) is 11.6 Å². The number of rotatable bonds is 2. The van der Waals surface area contributed by atoms with Crippen LogP contribution in [0.2, 0.25) is 5.02 Å². The molecule has 0 bridgehead atoms. The Hall–Kier alpha value is -0.840. The van der Waals surface area contributed by atoms with Gasteiger partial charge >= 0.3 is 0 Å². The lowest BCUT2D eigenvalue weighted by molar-refractivity contribution is 0.0922. The normalized spacial score (nSPS) is 22.5. The second-order valence-electron chi connectivity index (χ2n) is 4.71. The molecule has 1 fully saturated rings. The molecule has 1 aromatic carbocycles. The van der Waals surface area contributed by atoms with Crippen LogP contribution in [0.15, 0.2) is 18.2 Å². The summed E-state index contributed by atoms with van der Waals surface area (Å²) in [6.07, 6.45) is 3.47. The molecule has 1 aliphatic carbocycles. The molecule has 0 aromatic heterocycles. The second-order valence-corrected chi connectivity index (χ2v) is 5.15. The number of halogens is 3. The molecule has 6 heteroatoms. The highest BCUT2D eigenvalue weighted by atomic mass is 35.5. The summed E-state index contributed by atoms with van der Waals surface area (Å²) in [5.74, 6) is -0.958. The Balaban J connectivity index is 0.00000180. The summed E-state index contributed by atoms with van der Waals surface area (Å²) in [6, 6.07) is 4.28. The zero-order valence-electron chi connectivity index (χ0n) is 10.4. The molecule has 1 saturated carbocycles. The molecule has 0 saturated heterocycles. The molecule has 0 heterocycles. The maximum Gasteiger partial charge on any atom is 0.254 e. The van der Waals surface area contributed by atoms with Gasteiger partial charge in [0.05, 0.1) is 5.56 Å². The predicted octanol–water partition coefficient (Wildman–Crippen LogP) is 2.90. The summed E-state index contributed by atoms with van der Waals surface area (Å²) >= 11 is 5.76. The molecule has 1 aromatic rings. The standard InChI is InChI=1S/C13H16ClFN2O.ClH/c14-8-1-6-12(15)11(7-8)13(18)17-10-4-2-9(16)3-5-10;/h1,6-7,9-10H,2-5,16H2,(H,17,18);1H. The topological polar surface area (TPSA) is 55.1 Å². The van der Waals surface area contributed by atoms with Gasteiger partial charge in [0.2, 0.25) is 0 Å². The minimum atomic E-state index is -0.551. The van der Waals surface area contributed by atoms with Gasteiger partial charge in [-0.3, -0.25) is 4.79 Å². The molecule has 1 amide bonds. The van der Waals surface area contributed by atoms with E-state index < -0.39 is 11.7 Å². The van der Waals surface area contributed by atoms with Gasteiger partial charge in [0.1, 0.15) is 5.82 Å². The van der Waals surface area contributed by atoms with Gasteiger partial charge in [0, 0.05) is 17.1 Å². The first-order valence-corrected chi connectivity index (χ1v) is 6.45. The van der Waals surface area contributed by atoms with Crippen LogP contribution in [0, 0.1) is 5.82 Å². The number of carbonyl (C=O) groups is 1. The molecule has 2 rings (SSSR count). The minimum Gasteiger partial charge on any atom is -0.349 e. The van der Waals surface area contributed by atoms with E-state index in [0.29, 0.717) is 5.02 Å². The van der Waals surface area contributed by atoms with Crippen LogP contribution in [0.3, 0.4) is 0 Å². The highest BCUT2D eigenvalue weighted by Gasteiger charge is 2.21. The third-order valence-corrected chi connectivity index (χ3v) is 3.52. The van der Waals surface area contributed by atoms with Crippen molar-refractivity contribution in [2.75, 3.05) is 0 Å². The largest absolute Gasteiger partial charge is 0.349 e. The van der Waals surface area contributed by atoms with Crippen molar-refractivity contribution in [1.82, 2.24) is 5.32 Å². The van der Waals surface area contributed by atoms with Crippen LogP contribution in [-0.2, 0) is 0 Å². The molecular formula is C13H17Cl2FN2O. The van der Waals surface area contributed by atoms with Gasteiger partial charge in [-0.25, -0.2) is 4.39 Å². The summed E-state index contributed by atoms with van der Waals surface area (Å²) in [5.41, 5.74) is 5.79. The fraction of sp³-hybridized carbons (Fsp3) is 0.462. The van der Waals surface area contributed by atoms with Crippen molar-refractivity contribution in [2.24, 2.45) is 5.73 Å². The molecule has 0 aliphatic heterocycles. The smallest absolute Gasteiger partial charge is 0.254 e. The molecule has 3 N–H and O–H groups in total. The van der Waals surface area contributed by atoms with Crippen molar-refractivity contribution in [3.8, 4) is 0 Å². The van der Waals surface area contributed by atoms with Crippen LogP contribution in [0.4, 0.5) is 4.39 Å². The van der Waals surface area contributed by atoms with Crippen molar-refractivity contribution in [2.45, 2.75) is 37.8 Å². The van der Waals surface area contributed by atoms with Crippen LogP contribution in [0.1, 0.15) is 36.0 Å². The first-order chi connectivity index (χ1) is 8.56. The Kier molecular flexibility index (Phi) is 6.04. The highest BCUT2D eigenvalue weighted by Crippen LogP contribution is 2.19. The monoisotopic (exact) mass is 306 g/mol. The Labute approximate surface area is 123 Å². The molecule has 106 valence electrons. The number of hydrogen-bond donors (Lipinski definition) is 2. The summed E-state index contributed by atoms with van der Waals surface area (Å²) in [4.78, 5) is 11.9. The molecule has 0 radical (unpaired) electrons. The van der Waals surface area contributed by atoms with Gasteiger partial charge in [-0.2, -0.15) is 0 Å². The summed E-state index contributed by atoms with van der Waals surface area (Å²) in [6.45, 7) is 0.